The number of carbonyl (C=O) groups is 1. The lowest BCUT2D eigenvalue weighted by Crippen LogP contribution is -2.25. The van der Waals surface area contributed by atoms with Crippen LogP contribution in [-0.4, -0.2) is 12.5 Å². The number of hydrogen-bond donors (Lipinski definition) is 2. The van der Waals surface area contributed by atoms with Crippen LogP contribution in [-0.2, 0) is 11.3 Å². The van der Waals surface area contributed by atoms with E-state index in [1.54, 1.807) is 18.2 Å². The van der Waals surface area contributed by atoms with Crippen LogP contribution in [0.2, 0.25) is 0 Å². The molecule has 0 saturated heterocycles. The third kappa shape index (κ3) is 4.81. The van der Waals surface area contributed by atoms with Crippen molar-refractivity contribution in [1.82, 2.24) is 5.32 Å². The molecule has 0 fully saturated rings. The van der Waals surface area contributed by atoms with Crippen molar-refractivity contribution in [3.63, 3.8) is 0 Å². The zero-order chi connectivity index (χ0) is 16.8. The van der Waals surface area contributed by atoms with E-state index in [1.165, 1.54) is 22.8 Å². The van der Waals surface area contributed by atoms with Gasteiger partial charge in [-0.15, -0.1) is 0 Å². The lowest BCUT2D eigenvalue weighted by Gasteiger charge is -2.14. The molecule has 4 heteroatoms. The van der Waals surface area contributed by atoms with Crippen molar-refractivity contribution < 1.29 is 9.18 Å². The summed E-state index contributed by atoms with van der Waals surface area (Å²) in [5, 5.41) is 6.06. The average molecular weight is 314 g/mol. The summed E-state index contributed by atoms with van der Waals surface area (Å²) in [5.74, 6) is -0.389. The fourth-order valence-corrected chi connectivity index (χ4v) is 2.68. The Morgan fingerprint density at radius 3 is 2.39 bits per heavy atom. The van der Waals surface area contributed by atoms with Crippen molar-refractivity contribution >= 4 is 11.6 Å². The van der Waals surface area contributed by atoms with E-state index >= 15 is 0 Å². The van der Waals surface area contributed by atoms with Gasteiger partial charge in [-0.05, 0) is 38.0 Å². The second-order valence-electron chi connectivity index (χ2n) is 5.82. The first-order chi connectivity index (χ1) is 11.0. The van der Waals surface area contributed by atoms with Gasteiger partial charge in [-0.25, -0.2) is 4.39 Å². The SMILES string of the molecule is Cc1cc(C)c(NCCC(=O)NCc2ccccc2F)c(C)c1. The van der Waals surface area contributed by atoms with Gasteiger partial charge in [0, 0.05) is 30.8 Å². The lowest BCUT2D eigenvalue weighted by molar-refractivity contribution is -0.121. The highest BCUT2D eigenvalue weighted by atomic mass is 19.1. The van der Waals surface area contributed by atoms with Crippen LogP contribution in [0.3, 0.4) is 0 Å². The Balaban J connectivity index is 1.80. The summed E-state index contributed by atoms with van der Waals surface area (Å²) in [6.45, 7) is 6.95. The number of carbonyl (C=O) groups excluding carboxylic acids is 1. The maximum absolute atomic E-state index is 13.5. The Kier molecular flexibility index (Phi) is 5.74. The van der Waals surface area contributed by atoms with E-state index in [1.807, 2.05) is 0 Å². The number of hydrogen-bond acceptors (Lipinski definition) is 2. The van der Waals surface area contributed by atoms with Crippen molar-refractivity contribution in [3.05, 3.63) is 64.5 Å². The van der Waals surface area contributed by atoms with Gasteiger partial charge < -0.3 is 10.6 Å². The number of anilines is 1. The summed E-state index contributed by atoms with van der Waals surface area (Å²) in [7, 11) is 0. The van der Waals surface area contributed by atoms with Gasteiger partial charge in [-0.2, -0.15) is 0 Å². The predicted octanol–water partition coefficient (Wildman–Crippen LogP) is 3.87. The first kappa shape index (κ1) is 17.0. The van der Waals surface area contributed by atoms with Crippen LogP contribution in [0.1, 0.15) is 28.7 Å². The number of halogens is 1. The van der Waals surface area contributed by atoms with Gasteiger partial charge in [0.25, 0.3) is 0 Å². The van der Waals surface area contributed by atoms with Gasteiger partial charge in [-0.1, -0.05) is 35.9 Å². The van der Waals surface area contributed by atoms with Crippen LogP contribution in [0.25, 0.3) is 0 Å². The van der Waals surface area contributed by atoms with E-state index in [2.05, 4.69) is 43.5 Å². The third-order valence-electron chi connectivity index (χ3n) is 3.76. The predicted molar refractivity (Wildman–Crippen MR) is 92.0 cm³/mol. The van der Waals surface area contributed by atoms with E-state index < -0.39 is 0 Å². The minimum Gasteiger partial charge on any atom is -0.384 e. The third-order valence-corrected chi connectivity index (χ3v) is 3.76. The molecule has 0 saturated carbocycles. The minimum absolute atomic E-state index is 0.0943. The average Bonchev–Trinajstić information content (AvgIpc) is 2.49. The van der Waals surface area contributed by atoms with Crippen molar-refractivity contribution in [2.75, 3.05) is 11.9 Å². The molecule has 0 aromatic heterocycles. The van der Waals surface area contributed by atoms with Gasteiger partial charge in [0.05, 0.1) is 0 Å². The maximum Gasteiger partial charge on any atom is 0.222 e. The summed E-state index contributed by atoms with van der Waals surface area (Å²) in [4.78, 5) is 11.9. The van der Waals surface area contributed by atoms with E-state index in [0.29, 0.717) is 18.5 Å². The smallest absolute Gasteiger partial charge is 0.222 e. The summed E-state index contributed by atoms with van der Waals surface area (Å²) in [6, 6.07) is 10.7. The second-order valence-corrected chi connectivity index (χ2v) is 5.82. The highest BCUT2D eigenvalue weighted by Crippen LogP contribution is 2.21. The number of nitrogens with one attached hydrogen (secondary N) is 2. The number of rotatable bonds is 6. The summed E-state index contributed by atoms with van der Waals surface area (Å²) < 4.78 is 13.5. The molecule has 0 aliphatic heterocycles. The van der Waals surface area contributed by atoms with Crippen LogP contribution in [0.5, 0.6) is 0 Å². The topological polar surface area (TPSA) is 41.1 Å². The van der Waals surface area contributed by atoms with Crippen LogP contribution in [0, 0.1) is 26.6 Å². The Morgan fingerprint density at radius 2 is 1.74 bits per heavy atom. The van der Waals surface area contributed by atoms with E-state index in [4.69, 9.17) is 0 Å². The standard InChI is InChI=1S/C19H23FN2O/c1-13-10-14(2)19(15(3)11-13)21-9-8-18(23)22-12-16-6-4-5-7-17(16)20/h4-7,10-11,21H,8-9,12H2,1-3H3,(H,22,23). The highest BCUT2D eigenvalue weighted by molar-refractivity contribution is 5.76. The van der Waals surface area contributed by atoms with Crippen molar-refractivity contribution in [3.8, 4) is 0 Å². The summed E-state index contributed by atoms with van der Waals surface area (Å²) >= 11 is 0. The second kappa shape index (κ2) is 7.77. The molecule has 2 N–H and O–H groups in total. The molecule has 2 rings (SSSR count). The van der Waals surface area contributed by atoms with Crippen molar-refractivity contribution in [2.24, 2.45) is 0 Å². The van der Waals surface area contributed by atoms with Crippen LogP contribution >= 0.6 is 0 Å². The fourth-order valence-electron chi connectivity index (χ4n) is 2.68. The molecule has 122 valence electrons. The molecule has 3 nitrogen and oxygen atoms in total. The Bertz CT molecular complexity index is 675. The molecular weight excluding hydrogens is 291 g/mol. The molecule has 2 aromatic rings. The molecule has 0 bridgehead atoms. The molecule has 0 radical (unpaired) electrons. The van der Waals surface area contributed by atoms with Crippen LogP contribution < -0.4 is 10.6 Å². The quantitative estimate of drug-likeness (QED) is 0.850. The van der Waals surface area contributed by atoms with E-state index in [9.17, 15) is 9.18 Å². The number of aryl methyl sites for hydroxylation is 3. The number of amides is 1. The molecule has 0 heterocycles. The van der Waals surface area contributed by atoms with Crippen molar-refractivity contribution in [2.45, 2.75) is 33.7 Å². The van der Waals surface area contributed by atoms with Crippen molar-refractivity contribution in [1.29, 1.82) is 0 Å². The molecule has 0 spiro atoms. The zero-order valence-corrected chi connectivity index (χ0v) is 13.9. The fraction of sp³-hybridized carbons (Fsp3) is 0.316. The molecular formula is C19H23FN2O. The van der Waals surface area contributed by atoms with E-state index in [-0.39, 0.29) is 18.3 Å². The van der Waals surface area contributed by atoms with Gasteiger partial charge in [0.15, 0.2) is 0 Å². The molecule has 1 amide bonds. The maximum atomic E-state index is 13.5. The Labute approximate surface area is 136 Å². The number of benzene rings is 2. The van der Waals surface area contributed by atoms with Gasteiger partial charge in [0.1, 0.15) is 5.82 Å². The van der Waals surface area contributed by atoms with Gasteiger partial charge >= 0.3 is 0 Å². The first-order valence-electron chi connectivity index (χ1n) is 7.79. The van der Waals surface area contributed by atoms with Gasteiger partial charge in [0.2, 0.25) is 5.91 Å². The minimum atomic E-state index is -0.295. The monoisotopic (exact) mass is 314 g/mol. The molecule has 0 aliphatic rings. The first-order valence-corrected chi connectivity index (χ1v) is 7.79. The molecule has 0 aliphatic carbocycles. The zero-order valence-electron chi connectivity index (χ0n) is 13.9. The summed E-state index contributed by atoms with van der Waals surface area (Å²) in [6.07, 6.45) is 0.348. The van der Waals surface area contributed by atoms with Crippen LogP contribution in [0.4, 0.5) is 10.1 Å². The van der Waals surface area contributed by atoms with Gasteiger partial charge in [-0.3, -0.25) is 4.79 Å². The molecule has 23 heavy (non-hydrogen) atoms. The highest BCUT2D eigenvalue weighted by Gasteiger charge is 2.06. The molecule has 0 atom stereocenters. The Morgan fingerprint density at radius 1 is 1.09 bits per heavy atom. The molecule has 0 unspecified atom stereocenters. The largest absolute Gasteiger partial charge is 0.384 e. The normalized spacial score (nSPS) is 10.4. The lowest BCUT2D eigenvalue weighted by atomic mass is 10.1. The summed E-state index contributed by atoms with van der Waals surface area (Å²) in [5.41, 5.74) is 5.16. The molecule has 2 aromatic carbocycles. The van der Waals surface area contributed by atoms with E-state index in [0.717, 1.165) is 5.69 Å². The Hall–Kier alpha value is -2.36. The van der Waals surface area contributed by atoms with Crippen LogP contribution in [0.15, 0.2) is 36.4 Å².